The van der Waals surface area contributed by atoms with Gasteiger partial charge in [-0.3, -0.25) is 9.69 Å². The van der Waals surface area contributed by atoms with Crippen molar-refractivity contribution in [3.63, 3.8) is 0 Å². The van der Waals surface area contributed by atoms with Crippen molar-refractivity contribution in [2.75, 3.05) is 12.4 Å². The van der Waals surface area contributed by atoms with Crippen molar-refractivity contribution in [3.05, 3.63) is 30.1 Å². The highest BCUT2D eigenvalue weighted by atomic mass is 19.1. The number of hydrogen-bond acceptors (Lipinski definition) is 3. The average molecular weight is 296 g/mol. The summed E-state index contributed by atoms with van der Waals surface area (Å²) in [4.78, 5) is 25.1. The van der Waals surface area contributed by atoms with Crippen LogP contribution in [-0.4, -0.2) is 35.6 Å². The van der Waals surface area contributed by atoms with Gasteiger partial charge in [-0.2, -0.15) is 0 Å². The van der Waals surface area contributed by atoms with E-state index in [4.69, 9.17) is 4.74 Å². The molecule has 2 amide bonds. The molecule has 0 aliphatic heterocycles. The summed E-state index contributed by atoms with van der Waals surface area (Å²) in [7, 11) is 1.48. The second kappa shape index (κ2) is 6.56. The Morgan fingerprint density at radius 1 is 1.33 bits per heavy atom. The molecular formula is C15H21FN2O3. The van der Waals surface area contributed by atoms with Crippen molar-refractivity contribution < 1.29 is 18.7 Å². The molecule has 0 aromatic heterocycles. The number of halogens is 1. The minimum atomic E-state index is -0.747. The molecule has 0 bridgehead atoms. The van der Waals surface area contributed by atoms with E-state index >= 15 is 0 Å². The molecule has 1 aromatic carbocycles. The van der Waals surface area contributed by atoms with E-state index in [2.05, 4.69) is 5.32 Å². The highest BCUT2D eigenvalue weighted by Gasteiger charge is 2.26. The molecule has 5 nitrogen and oxygen atoms in total. The maximum atomic E-state index is 13.1. The number of benzene rings is 1. The lowest BCUT2D eigenvalue weighted by molar-refractivity contribution is -0.120. The van der Waals surface area contributed by atoms with Crippen molar-refractivity contribution >= 4 is 17.7 Å². The average Bonchev–Trinajstić information content (AvgIpc) is 2.34. The summed E-state index contributed by atoms with van der Waals surface area (Å²) >= 11 is 0. The Bertz CT molecular complexity index is 526. The van der Waals surface area contributed by atoms with E-state index in [1.54, 1.807) is 33.8 Å². The summed E-state index contributed by atoms with van der Waals surface area (Å²) < 4.78 is 18.2. The van der Waals surface area contributed by atoms with Crippen molar-refractivity contribution in [1.82, 2.24) is 4.90 Å². The lowest BCUT2D eigenvalue weighted by Crippen LogP contribution is -2.45. The zero-order valence-corrected chi connectivity index (χ0v) is 12.9. The summed E-state index contributed by atoms with van der Waals surface area (Å²) in [5.74, 6) is -0.866. The molecule has 1 rings (SSSR count). The first-order valence-electron chi connectivity index (χ1n) is 6.62. The molecule has 1 atom stereocenters. The molecule has 0 aliphatic rings. The number of carbonyl (C=O) groups excluding carboxylic acids is 2. The Balaban J connectivity index is 2.67. The fraction of sp³-hybridized carbons (Fsp3) is 0.467. The van der Waals surface area contributed by atoms with Crippen LogP contribution in [0.4, 0.5) is 14.9 Å². The highest BCUT2D eigenvalue weighted by molar-refractivity contribution is 5.96. The normalized spacial score (nSPS) is 12.5. The molecule has 1 unspecified atom stereocenters. The van der Waals surface area contributed by atoms with Crippen LogP contribution in [-0.2, 0) is 9.53 Å². The number of rotatable bonds is 3. The van der Waals surface area contributed by atoms with Gasteiger partial charge in [-0.15, -0.1) is 0 Å². The lowest BCUT2D eigenvalue weighted by Gasteiger charge is -2.28. The molecule has 0 radical (unpaired) electrons. The maximum absolute atomic E-state index is 13.1. The molecule has 0 saturated carbocycles. The van der Waals surface area contributed by atoms with E-state index in [0.717, 1.165) is 0 Å². The Labute approximate surface area is 124 Å². The number of hydrogen-bond donors (Lipinski definition) is 1. The SMILES string of the molecule is CC(C(=O)Nc1cccc(F)c1)N(C)C(=O)OC(C)(C)C. The predicted octanol–water partition coefficient (Wildman–Crippen LogP) is 3.02. The van der Waals surface area contributed by atoms with Crippen molar-refractivity contribution in [2.24, 2.45) is 0 Å². The molecule has 0 aliphatic carbocycles. The van der Waals surface area contributed by atoms with Gasteiger partial charge in [0.2, 0.25) is 5.91 Å². The first-order valence-corrected chi connectivity index (χ1v) is 6.62. The lowest BCUT2D eigenvalue weighted by atomic mass is 10.2. The highest BCUT2D eigenvalue weighted by Crippen LogP contribution is 2.13. The van der Waals surface area contributed by atoms with Gasteiger partial charge < -0.3 is 10.1 Å². The number of carbonyl (C=O) groups is 2. The van der Waals surface area contributed by atoms with Crippen molar-refractivity contribution in [2.45, 2.75) is 39.3 Å². The van der Waals surface area contributed by atoms with E-state index in [9.17, 15) is 14.0 Å². The van der Waals surface area contributed by atoms with Gasteiger partial charge in [0.25, 0.3) is 0 Å². The summed E-state index contributed by atoms with van der Waals surface area (Å²) in [5.41, 5.74) is -0.297. The third kappa shape index (κ3) is 5.41. The van der Waals surface area contributed by atoms with Gasteiger partial charge in [0.15, 0.2) is 0 Å². The monoisotopic (exact) mass is 296 g/mol. The first kappa shape index (κ1) is 16.9. The van der Waals surface area contributed by atoms with E-state index < -0.39 is 29.5 Å². The molecule has 0 spiro atoms. The van der Waals surface area contributed by atoms with Gasteiger partial charge in [-0.25, -0.2) is 9.18 Å². The zero-order valence-electron chi connectivity index (χ0n) is 12.9. The van der Waals surface area contributed by atoms with E-state index in [1.165, 1.54) is 30.1 Å². The van der Waals surface area contributed by atoms with E-state index in [1.807, 2.05) is 0 Å². The smallest absolute Gasteiger partial charge is 0.410 e. The largest absolute Gasteiger partial charge is 0.444 e. The fourth-order valence-corrected chi connectivity index (χ4v) is 1.48. The number of amides is 2. The summed E-state index contributed by atoms with van der Waals surface area (Å²) in [5, 5.41) is 2.55. The molecule has 21 heavy (non-hydrogen) atoms. The molecule has 1 aromatic rings. The van der Waals surface area contributed by atoms with Crippen LogP contribution in [0.2, 0.25) is 0 Å². The number of nitrogens with one attached hydrogen (secondary N) is 1. The number of ether oxygens (including phenoxy) is 1. The maximum Gasteiger partial charge on any atom is 0.410 e. The topological polar surface area (TPSA) is 58.6 Å². The van der Waals surface area contributed by atoms with Gasteiger partial charge in [-0.1, -0.05) is 6.07 Å². The van der Waals surface area contributed by atoms with Crippen LogP contribution in [0.3, 0.4) is 0 Å². The first-order chi connectivity index (χ1) is 9.60. The minimum absolute atomic E-state index is 0.337. The molecule has 0 fully saturated rings. The Morgan fingerprint density at radius 2 is 1.95 bits per heavy atom. The molecule has 1 N–H and O–H groups in total. The summed E-state index contributed by atoms with van der Waals surface area (Å²) in [6, 6.07) is 4.81. The van der Waals surface area contributed by atoms with Crippen LogP contribution in [0.25, 0.3) is 0 Å². The van der Waals surface area contributed by atoms with Crippen molar-refractivity contribution in [3.8, 4) is 0 Å². The van der Waals surface area contributed by atoms with Crippen molar-refractivity contribution in [1.29, 1.82) is 0 Å². The predicted molar refractivity (Wildman–Crippen MR) is 78.5 cm³/mol. The van der Waals surface area contributed by atoms with E-state index in [-0.39, 0.29) is 0 Å². The van der Waals surface area contributed by atoms with Crippen LogP contribution in [0.1, 0.15) is 27.7 Å². The van der Waals surface area contributed by atoms with Gasteiger partial charge in [0.05, 0.1) is 0 Å². The third-order valence-corrected chi connectivity index (χ3v) is 2.73. The fourth-order valence-electron chi connectivity index (χ4n) is 1.48. The Kier molecular flexibility index (Phi) is 5.29. The Hall–Kier alpha value is -2.11. The van der Waals surface area contributed by atoms with Crippen LogP contribution in [0.5, 0.6) is 0 Å². The summed E-state index contributed by atoms with van der Waals surface area (Å²) in [6.07, 6.45) is -0.593. The number of anilines is 1. The van der Waals surface area contributed by atoms with Crippen LogP contribution < -0.4 is 5.32 Å². The van der Waals surface area contributed by atoms with Gasteiger partial charge >= 0.3 is 6.09 Å². The minimum Gasteiger partial charge on any atom is -0.444 e. The Morgan fingerprint density at radius 3 is 2.48 bits per heavy atom. The second-order valence-corrected chi connectivity index (χ2v) is 5.77. The summed E-state index contributed by atoms with van der Waals surface area (Å²) in [6.45, 7) is 6.81. The molecule has 0 heterocycles. The quantitative estimate of drug-likeness (QED) is 0.932. The zero-order chi connectivity index (χ0) is 16.2. The van der Waals surface area contributed by atoms with Gasteiger partial charge in [0, 0.05) is 12.7 Å². The van der Waals surface area contributed by atoms with Crippen LogP contribution in [0, 0.1) is 5.82 Å². The van der Waals surface area contributed by atoms with Gasteiger partial charge in [-0.05, 0) is 45.9 Å². The van der Waals surface area contributed by atoms with E-state index in [0.29, 0.717) is 5.69 Å². The molecule has 0 saturated heterocycles. The molecule has 6 heteroatoms. The van der Waals surface area contributed by atoms with Crippen LogP contribution in [0.15, 0.2) is 24.3 Å². The standard InChI is InChI=1S/C15H21FN2O3/c1-10(18(5)14(20)21-15(2,3)4)13(19)17-12-8-6-7-11(16)9-12/h6-10H,1-5H3,(H,17,19). The number of likely N-dealkylation sites (N-methyl/N-ethyl adjacent to an activating group) is 1. The molecule has 116 valence electrons. The second-order valence-electron chi connectivity index (χ2n) is 5.77. The number of nitrogens with zero attached hydrogens (tertiary/aromatic N) is 1. The molecular weight excluding hydrogens is 275 g/mol. The van der Waals surface area contributed by atoms with Gasteiger partial charge in [0.1, 0.15) is 17.5 Å². The third-order valence-electron chi connectivity index (χ3n) is 2.73. The van der Waals surface area contributed by atoms with Crippen LogP contribution >= 0.6 is 0 Å².